The van der Waals surface area contributed by atoms with Crippen LogP contribution in [0.2, 0.25) is 0 Å². The summed E-state index contributed by atoms with van der Waals surface area (Å²) < 4.78 is 28.8. The van der Waals surface area contributed by atoms with Crippen molar-refractivity contribution in [2.75, 3.05) is 26.2 Å². The molecule has 1 aliphatic rings. The molecule has 3 rings (SSSR count). The van der Waals surface area contributed by atoms with Crippen LogP contribution in [0.25, 0.3) is 0 Å². The van der Waals surface area contributed by atoms with Crippen molar-refractivity contribution >= 4 is 11.8 Å². The molecule has 2 amide bonds. The van der Waals surface area contributed by atoms with Gasteiger partial charge >= 0.3 is 0 Å². The predicted molar refractivity (Wildman–Crippen MR) is 102 cm³/mol. The van der Waals surface area contributed by atoms with E-state index in [4.69, 9.17) is 0 Å². The number of rotatable bonds is 3. The number of hydrogen-bond donors (Lipinski definition) is 0. The van der Waals surface area contributed by atoms with Crippen LogP contribution in [0, 0.1) is 32.4 Å². The number of carbonyl (C=O) groups excluding carboxylic acids is 2. The molecule has 0 aliphatic carbocycles. The average Bonchev–Trinajstić information content (AvgIpc) is 2.88. The summed E-state index contributed by atoms with van der Waals surface area (Å²) in [7, 11) is 0. The standard InChI is InChI=1S/C21H25F2N3O2/c1-13-14(2)20(21(28)25-9-7-24(8-10-25)16(4)27)26(15(13)3)12-17-5-6-18(22)19(23)11-17/h5-6,11H,7-10,12H2,1-4H3. The van der Waals surface area contributed by atoms with Gasteiger partial charge in [-0.25, -0.2) is 8.78 Å². The van der Waals surface area contributed by atoms with Crippen molar-refractivity contribution in [1.29, 1.82) is 0 Å². The highest BCUT2D eigenvalue weighted by atomic mass is 19.2. The molecular weight excluding hydrogens is 364 g/mol. The maximum absolute atomic E-state index is 13.6. The minimum Gasteiger partial charge on any atom is -0.339 e. The molecule has 1 saturated heterocycles. The van der Waals surface area contributed by atoms with E-state index >= 15 is 0 Å². The van der Waals surface area contributed by atoms with E-state index in [0.29, 0.717) is 37.4 Å². The summed E-state index contributed by atoms with van der Waals surface area (Å²) >= 11 is 0. The van der Waals surface area contributed by atoms with Gasteiger partial charge in [0.25, 0.3) is 5.91 Å². The van der Waals surface area contributed by atoms with Crippen LogP contribution < -0.4 is 0 Å². The van der Waals surface area contributed by atoms with Crippen LogP contribution in [0.5, 0.6) is 0 Å². The molecule has 0 saturated carbocycles. The number of amides is 2. The number of benzene rings is 1. The van der Waals surface area contributed by atoms with Crippen LogP contribution in [0.3, 0.4) is 0 Å². The van der Waals surface area contributed by atoms with E-state index in [0.717, 1.165) is 22.9 Å². The maximum Gasteiger partial charge on any atom is 0.270 e. The van der Waals surface area contributed by atoms with E-state index in [1.807, 2.05) is 25.3 Å². The number of carbonyl (C=O) groups is 2. The van der Waals surface area contributed by atoms with Gasteiger partial charge in [-0.3, -0.25) is 9.59 Å². The molecular formula is C21H25F2N3O2. The molecule has 0 atom stereocenters. The van der Waals surface area contributed by atoms with Gasteiger partial charge in [0.2, 0.25) is 5.91 Å². The first-order valence-electron chi connectivity index (χ1n) is 9.35. The molecule has 1 aromatic carbocycles. The zero-order valence-corrected chi connectivity index (χ0v) is 16.7. The third-order valence-corrected chi connectivity index (χ3v) is 5.67. The molecule has 28 heavy (non-hydrogen) atoms. The van der Waals surface area contributed by atoms with E-state index in [2.05, 4.69) is 0 Å². The highest BCUT2D eigenvalue weighted by Crippen LogP contribution is 2.25. The Balaban J connectivity index is 1.90. The summed E-state index contributed by atoms with van der Waals surface area (Å²) in [6, 6.07) is 3.80. The summed E-state index contributed by atoms with van der Waals surface area (Å²) in [6.07, 6.45) is 0. The quantitative estimate of drug-likeness (QED) is 0.810. The van der Waals surface area contributed by atoms with Crippen LogP contribution in [-0.4, -0.2) is 52.4 Å². The third-order valence-electron chi connectivity index (χ3n) is 5.67. The summed E-state index contributed by atoms with van der Waals surface area (Å²) in [5.74, 6) is -1.87. The average molecular weight is 389 g/mol. The second kappa shape index (κ2) is 7.73. The Hall–Kier alpha value is -2.70. The second-order valence-corrected chi connectivity index (χ2v) is 7.32. The summed E-state index contributed by atoms with van der Waals surface area (Å²) in [6.45, 7) is 9.59. The second-order valence-electron chi connectivity index (χ2n) is 7.32. The Morgan fingerprint density at radius 2 is 1.54 bits per heavy atom. The first-order chi connectivity index (χ1) is 13.2. The van der Waals surface area contributed by atoms with Crippen LogP contribution in [0.1, 0.15) is 39.8 Å². The monoisotopic (exact) mass is 389 g/mol. The largest absolute Gasteiger partial charge is 0.339 e. The fraction of sp³-hybridized carbons (Fsp3) is 0.429. The van der Waals surface area contributed by atoms with Crippen molar-refractivity contribution in [2.24, 2.45) is 0 Å². The Kier molecular flexibility index (Phi) is 5.54. The molecule has 1 aromatic heterocycles. The molecule has 0 unspecified atom stereocenters. The number of hydrogen-bond acceptors (Lipinski definition) is 2. The Labute approximate surface area is 163 Å². The van der Waals surface area contributed by atoms with Crippen molar-refractivity contribution in [3.05, 3.63) is 57.9 Å². The lowest BCUT2D eigenvalue weighted by Crippen LogP contribution is -2.50. The van der Waals surface area contributed by atoms with Gasteiger partial charge in [0, 0.05) is 45.3 Å². The summed E-state index contributed by atoms with van der Waals surface area (Å²) in [4.78, 5) is 28.3. The van der Waals surface area contributed by atoms with Gasteiger partial charge in [-0.1, -0.05) is 6.07 Å². The van der Waals surface area contributed by atoms with E-state index in [9.17, 15) is 18.4 Å². The Morgan fingerprint density at radius 3 is 2.11 bits per heavy atom. The van der Waals surface area contributed by atoms with Gasteiger partial charge < -0.3 is 14.4 Å². The Morgan fingerprint density at radius 1 is 0.929 bits per heavy atom. The van der Waals surface area contributed by atoms with E-state index in [-0.39, 0.29) is 18.4 Å². The first-order valence-corrected chi connectivity index (χ1v) is 9.35. The topological polar surface area (TPSA) is 45.6 Å². The Bertz CT molecular complexity index is 928. The fourth-order valence-corrected chi connectivity index (χ4v) is 3.69. The van der Waals surface area contributed by atoms with Gasteiger partial charge in [0.15, 0.2) is 11.6 Å². The predicted octanol–water partition coefficient (Wildman–Crippen LogP) is 3.04. The minimum atomic E-state index is -0.899. The van der Waals surface area contributed by atoms with Gasteiger partial charge in [-0.2, -0.15) is 0 Å². The lowest BCUT2D eigenvalue weighted by Gasteiger charge is -2.34. The third kappa shape index (κ3) is 3.66. The molecule has 7 heteroatoms. The molecule has 2 heterocycles. The molecule has 5 nitrogen and oxygen atoms in total. The van der Waals surface area contributed by atoms with Crippen molar-refractivity contribution in [1.82, 2.24) is 14.4 Å². The molecule has 0 N–H and O–H groups in total. The number of aromatic nitrogens is 1. The first kappa shape index (κ1) is 20.0. The molecule has 0 bridgehead atoms. The summed E-state index contributed by atoms with van der Waals surface area (Å²) in [5.41, 5.74) is 3.98. The lowest BCUT2D eigenvalue weighted by molar-refractivity contribution is -0.130. The normalized spacial score (nSPS) is 14.5. The van der Waals surface area contributed by atoms with Crippen molar-refractivity contribution in [3.8, 4) is 0 Å². The maximum atomic E-state index is 13.6. The lowest BCUT2D eigenvalue weighted by atomic mass is 10.1. The summed E-state index contributed by atoms with van der Waals surface area (Å²) in [5, 5.41) is 0. The number of halogens is 2. The van der Waals surface area contributed by atoms with E-state index in [1.54, 1.807) is 9.80 Å². The van der Waals surface area contributed by atoms with Crippen molar-refractivity contribution < 1.29 is 18.4 Å². The fourth-order valence-electron chi connectivity index (χ4n) is 3.69. The molecule has 0 spiro atoms. The van der Waals surface area contributed by atoms with Crippen LogP contribution in [-0.2, 0) is 11.3 Å². The zero-order valence-electron chi connectivity index (χ0n) is 16.7. The van der Waals surface area contributed by atoms with E-state index in [1.165, 1.54) is 19.1 Å². The van der Waals surface area contributed by atoms with Crippen LogP contribution in [0.15, 0.2) is 18.2 Å². The molecule has 2 aromatic rings. The highest BCUT2D eigenvalue weighted by Gasteiger charge is 2.28. The number of piperazine rings is 1. The van der Waals surface area contributed by atoms with Crippen LogP contribution in [0.4, 0.5) is 8.78 Å². The van der Waals surface area contributed by atoms with E-state index < -0.39 is 11.6 Å². The molecule has 150 valence electrons. The number of nitrogens with zero attached hydrogens (tertiary/aromatic N) is 3. The van der Waals surface area contributed by atoms with Crippen molar-refractivity contribution in [2.45, 2.75) is 34.2 Å². The SMILES string of the molecule is CC(=O)N1CCN(C(=O)c2c(C)c(C)c(C)n2Cc2ccc(F)c(F)c2)CC1. The minimum absolute atomic E-state index is 0.0108. The zero-order chi connectivity index (χ0) is 20.6. The van der Waals surface area contributed by atoms with Gasteiger partial charge in [-0.15, -0.1) is 0 Å². The molecule has 0 radical (unpaired) electrons. The van der Waals surface area contributed by atoms with Crippen LogP contribution >= 0.6 is 0 Å². The highest BCUT2D eigenvalue weighted by molar-refractivity contribution is 5.95. The van der Waals surface area contributed by atoms with Crippen molar-refractivity contribution in [3.63, 3.8) is 0 Å². The molecule has 1 aliphatic heterocycles. The molecule has 1 fully saturated rings. The van der Waals surface area contributed by atoms with Gasteiger partial charge in [0.05, 0.1) is 0 Å². The van der Waals surface area contributed by atoms with Gasteiger partial charge in [-0.05, 0) is 49.6 Å². The van der Waals surface area contributed by atoms with Gasteiger partial charge in [0.1, 0.15) is 5.69 Å². The smallest absolute Gasteiger partial charge is 0.270 e.